The highest BCUT2D eigenvalue weighted by Crippen LogP contribution is 2.35. The van der Waals surface area contributed by atoms with Crippen molar-refractivity contribution >= 4 is 5.91 Å². The Kier molecular flexibility index (Phi) is 6.10. The van der Waals surface area contributed by atoms with Crippen molar-refractivity contribution in [3.05, 3.63) is 95.8 Å². The smallest absolute Gasteiger partial charge is 0.255 e. The van der Waals surface area contributed by atoms with E-state index in [2.05, 4.69) is 5.32 Å². The molecule has 1 N–H and O–H groups in total. The van der Waals surface area contributed by atoms with Crippen LogP contribution in [0, 0.1) is 5.82 Å². The summed E-state index contributed by atoms with van der Waals surface area (Å²) in [6.45, 7) is 1.67. The molecule has 0 aromatic heterocycles. The van der Waals surface area contributed by atoms with Gasteiger partial charge in [-0.2, -0.15) is 0 Å². The predicted octanol–water partition coefficient (Wildman–Crippen LogP) is 5.10. The summed E-state index contributed by atoms with van der Waals surface area (Å²) in [5.41, 5.74) is 1.21. The third kappa shape index (κ3) is 4.52. The Hall–Kier alpha value is -3.18. The van der Waals surface area contributed by atoms with Crippen LogP contribution >= 0.6 is 0 Å². The minimum Gasteiger partial charge on any atom is -0.457 e. The highest BCUT2D eigenvalue weighted by Gasteiger charge is 2.35. The highest BCUT2D eigenvalue weighted by molar-refractivity contribution is 5.97. The molecule has 3 aromatic rings. The van der Waals surface area contributed by atoms with Gasteiger partial charge in [-0.15, -0.1) is 0 Å². The molecule has 154 valence electrons. The van der Waals surface area contributed by atoms with Gasteiger partial charge in [-0.25, -0.2) is 4.39 Å². The molecule has 0 bridgehead atoms. The summed E-state index contributed by atoms with van der Waals surface area (Å²) in [7, 11) is 0. The van der Waals surface area contributed by atoms with Gasteiger partial charge < -0.3 is 14.8 Å². The number of ether oxygens (including phenoxy) is 2. The Balaban J connectivity index is 1.52. The topological polar surface area (TPSA) is 47.6 Å². The lowest BCUT2D eigenvalue weighted by molar-refractivity contribution is 0.0486. The molecule has 3 aromatic carbocycles. The lowest BCUT2D eigenvalue weighted by atomic mass is 9.74. The molecule has 0 radical (unpaired) electrons. The average Bonchev–Trinajstić information content (AvgIpc) is 2.80. The van der Waals surface area contributed by atoms with Gasteiger partial charge in [-0.1, -0.05) is 42.5 Å². The molecule has 1 aliphatic heterocycles. The summed E-state index contributed by atoms with van der Waals surface area (Å²) in [5, 5.41) is 3.08. The van der Waals surface area contributed by atoms with Gasteiger partial charge in [0, 0.05) is 25.2 Å². The third-order valence-corrected chi connectivity index (χ3v) is 5.60. The van der Waals surface area contributed by atoms with E-state index in [1.165, 1.54) is 12.1 Å². The second-order valence-corrected chi connectivity index (χ2v) is 7.49. The van der Waals surface area contributed by atoms with Crippen LogP contribution in [0.25, 0.3) is 0 Å². The van der Waals surface area contributed by atoms with E-state index in [9.17, 15) is 9.18 Å². The van der Waals surface area contributed by atoms with E-state index in [0.29, 0.717) is 36.8 Å². The number of rotatable bonds is 6. The summed E-state index contributed by atoms with van der Waals surface area (Å²) in [6, 6.07) is 23.1. The van der Waals surface area contributed by atoms with E-state index in [0.717, 1.165) is 18.4 Å². The molecule has 4 nitrogen and oxygen atoms in total. The molecule has 1 amide bonds. The van der Waals surface area contributed by atoms with E-state index in [1.54, 1.807) is 24.3 Å². The minimum absolute atomic E-state index is 0.200. The van der Waals surface area contributed by atoms with Crippen LogP contribution in [0.4, 0.5) is 4.39 Å². The number of carbonyl (C=O) groups is 1. The number of carbonyl (C=O) groups excluding carboxylic acids is 1. The van der Waals surface area contributed by atoms with E-state index in [1.807, 2.05) is 42.5 Å². The van der Waals surface area contributed by atoms with Crippen molar-refractivity contribution in [2.45, 2.75) is 18.3 Å². The maximum absolute atomic E-state index is 13.4. The van der Waals surface area contributed by atoms with Gasteiger partial charge in [0.05, 0.1) is 5.56 Å². The van der Waals surface area contributed by atoms with Crippen molar-refractivity contribution in [2.24, 2.45) is 0 Å². The number of benzene rings is 3. The quantitative estimate of drug-likeness (QED) is 0.621. The first kappa shape index (κ1) is 20.1. The maximum Gasteiger partial charge on any atom is 0.255 e. The first-order chi connectivity index (χ1) is 14.7. The molecular weight excluding hydrogens is 381 g/mol. The van der Waals surface area contributed by atoms with Crippen LogP contribution < -0.4 is 10.1 Å². The fourth-order valence-electron chi connectivity index (χ4n) is 3.84. The Morgan fingerprint density at radius 3 is 2.33 bits per heavy atom. The van der Waals surface area contributed by atoms with Gasteiger partial charge in [-0.05, 0) is 54.8 Å². The van der Waals surface area contributed by atoms with Crippen molar-refractivity contribution < 1.29 is 18.7 Å². The van der Waals surface area contributed by atoms with Crippen LogP contribution in [-0.4, -0.2) is 25.7 Å². The Bertz CT molecular complexity index is 983. The number of hydrogen-bond acceptors (Lipinski definition) is 3. The maximum atomic E-state index is 13.4. The summed E-state index contributed by atoms with van der Waals surface area (Å²) in [6.07, 6.45) is 1.53. The van der Waals surface area contributed by atoms with Crippen LogP contribution in [-0.2, 0) is 10.2 Å². The molecule has 5 heteroatoms. The van der Waals surface area contributed by atoms with Crippen molar-refractivity contribution in [1.29, 1.82) is 0 Å². The third-order valence-electron chi connectivity index (χ3n) is 5.60. The Labute approximate surface area is 175 Å². The van der Waals surface area contributed by atoms with Crippen LogP contribution in [0.5, 0.6) is 11.5 Å². The predicted molar refractivity (Wildman–Crippen MR) is 113 cm³/mol. The molecule has 0 atom stereocenters. The molecule has 4 rings (SSSR count). The zero-order chi connectivity index (χ0) is 20.8. The molecule has 30 heavy (non-hydrogen) atoms. The van der Waals surface area contributed by atoms with Crippen LogP contribution in [0.1, 0.15) is 28.8 Å². The Morgan fingerprint density at radius 2 is 1.60 bits per heavy atom. The molecule has 1 fully saturated rings. The second kappa shape index (κ2) is 9.09. The minimum atomic E-state index is -0.281. The first-order valence-electron chi connectivity index (χ1n) is 10.1. The van der Waals surface area contributed by atoms with Crippen molar-refractivity contribution in [2.75, 3.05) is 19.8 Å². The van der Waals surface area contributed by atoms with E-state index in [4.69, 9.17) is 9.47 Å². The number of para-hydroxylation sites is 2. The molecule has 1 heterocycles. The molecule has 0 spiro atoms. The number of nitrogens with one attached hydrogen (secondary N) is 1. The average molecular weight is 405 g/mol. The fraction of sp³-hybridized carbons (Fsp3) is 0.240. The normalized spacial score (nSPS) is 15.4. The van der Waals surface area contributed by atoms with Gasteiger partial charge in [-0.3, -0.25) is 4.79 Å². The lowest BCUT2D eigenvalue weighted by Crippen LogP contribution is -2.44. The second-order valence-electron chi connectivity index (χ2n) is 7.49. The van der Waals surface area contributed by atoms with Crippen molar-refractivity contribution in [3.63, 3.8) is 0 Å². The van der Waals surface area contributed by atoms with Crippen LogP contribution in [0.15, 0.2) is 78.9 Å². The monoisotopic (exact) mass is 405 g/mol. The first-order valence-corrected chi connectivity index (χ1v) is 10.1. The molecule has 1 saturated heterocycles. The standard InChI is InChI=1S/C25H24FNO3/c26-20-12-10-19(11-13-20)25(14-16-29-17-15-25)18-27-24(28)22-8-4-5-9-23(22)30-21-6-2-1-3-7-21/h1-13H,14-18H2,(H,27,28). The SMILES string of the molecule is O=C(NCC1(c2ccc(F)cc2)CCOCC1)c1ccccc1Oc1ccccc1. The molecule has 0 aliphatic carbocycles. The zero-order valence-corrected chi connectivity index (χ0v) is 16.6. The van der Waals surface area contributed by atoms with Crippen LogP contribution in [0.3, 0.4) is 0 Å². The van der Waals surface area contributed by atoms with Gasteiger partial charge >= 0.3 is 0 Å². The Morgan fingerprint density at radius 1 is 0.933 bits per heavy atom. The van der Waals surface area contributed by atoms with E-state index < -0.39 is 0 Å². The lowest BCUT2D eigenvalue weighted by Gasteiger charge is -2.38. The highest BCUT2D eigenvalue weighted by atomic mass is 19.1. The van der Waals surface area contributed by atoms with E-state index >= 15 is 0 Å². The largest absolute Gasteiger partial charge is 0.457 e. The number of halogens is 1. The summed E-state index contributed by atoms with van der Waals surface area (Å²) >= 11 is 0. The van der Waals surface area contributed by atoms with Gasteiger partial charge in [0.1, 0.15) is 17.3 Å². The van der Waals surface area contributed by atoms with Gasteiger partial charge in [0.15, 0.2) is 0 Å². The molecule has 1 aliphatic rings. The summed E-state index contributed by atoms with van der Waals surface area (Å²) < 4.78 is 24.9. The van der Waals surface area contributed by atoms with Crippen molar-refractivity contribution in [1.82, 2.24) is 5.32 Å². The molecule has 0 saturated carbocycles. The zero-order valence-electron chi connectivity index (χ0n) is 16.6. The van der Waals surface area contributed by atoms with E-state index in [-0.39, 0.29) is 17.1 Å². The molecular formula is C25H24FNO3. The summed E-state index contributed by atoms with van der Waals surface area (Å²) in [5.74, 6) is 0.709. The van der Waals surface area contributed by atoms with Gasteiger partial charge in [0.2, 0.25) is 0 Å². The summed E-state index contributed by atoms with van der Waals surface area (Å²) in [4.78, 5) is 13.0. The number of amides is 1. The van der Waals surface area contributed by atoms with Gasteiger partial charge in [0.25, 0.3) is 5.91 Å². The molecule has 0 unspecified atom stereocenters. The fourth-order valence-corrected chi connectivity index (χ4v) is 3.84. The number of hydrogen-bond donors (Lipinski definition) is 1. The van der Waals surface area contributed by atoms with Crippen LogP contribution in [0.2, 0.25) is 0 Å². The van der Waals surface area contributed by atoms with Crippen molar-refractivity contribution in [3.8, 4) is 11.5 Å².